The van der Waals surface area contributed by atoms with Crippen molar-refractivity contribution in [1.82, 2.24) is 0 Å². The average molecular weight is 353 g/mol. The summed E-state index contributed by atoms with van der Waals surface area (Å²) >= 11 is 0. The number of ether oxygens (including phenoxy) is 1. The van der Waals surface area contributed by atoms with Gasteiger partial charge in [0, 0.05) is 6.42 Å². The van der Waals surface area contributed by atoms with Gasteiger partial charge in [0.1, 0.15) is 5.78 Å². The standard InChI is InChI=1S/C12H21O3.3CO.Fe/c1-3-4-5-8-12(15-10-13)9-6-7-11(2)14;3*1-2;/h12H,3-9H2,1-2H3;;;;/q-1;;;;+2/t12-;;;;/m1..../s1. The molecule has 0 radical (unpaired) electrons. The summed E-state index contributed by atoms with van der Waals surface area (Å²) in [5.41, 5.74) is 0. The van der Waals surface area contributed by atoms with Crippen LogP contribution in [0.5, 0.6) is 0 Å². The van der Waals surface area contributed by atoms with Gasteiger partial charge in [0.05, 0.1) is 6.10 Å². The Morgan fingerprint density at radius 3 is 1.86 bits per heavy atom. The van der Waals surface area contributed by atoms with E-state index in [4.69, 9.17) is 18.7 Å². The molecule has 0 saturated carbocycles. The second-order valence-corrected chi connectivity index (χ2v) is 3.91. The Balaban J connectivity index is -0.000000122. The normalized spacial score (nSPS) is 8.55. The van der Waals surface area contributed by atoms with Crippen molar-refractivity contribution in [2.75, 3.05) is 0 Å². The minimum Gasteiger partial charge on any atom is 2.00 e. The molecule has 0 bridgehead atoms. The number of Topliss-reactive ketones (excluding diaryl/α,β-unsaturated/α-hetero) is 1. The van der Waals surface area contributed by atoms with E-state index in [9.17, 15) is 9.59 Å². The van der Waals surface area contributed by atoms with Crippen LogP contribution in [0.1, 0.15) is 58.8 Å². The molecule has 0 N–H and O–H groups in total. The van der Waals surface area contributed by atoms with Crippen LogP contribution in [-0.4, -0.2) is 18.4 Å². The number of ketones is 1. The van der Waals surface area contributed by atoms with Crippen LogP contribution in [0.4, 0.5) is 0 Å². The van der Waals surface area contributed by atoms with Crippen molar-refractivity contribution < 1.29 is 45.4 Å². The fraction of sp³-hybridized carbons (Fsp3) is 0.667. The second kappa shape index (κ2) is 36.8. The topological polar surface area (TPSA) is 103 Å². The molecule has 0 saturated heterocycles. The van der Waals surface area contributed by atoms with Gasteiger partial charge in [-0.3, -0.25) is 0 Å². The average Bonchev–Trinajstić information content (AvgIpc) is 2.53. The van der Waals surface area contributed by atoms with Gasteiger partial charge >= 0.3 is 51.0 Å². The summed E-state index contributed by atoms with van der Waals surface area (Å²) in [6.45, 7) is 18.7. The molecule has 0 aliphatic carbocycles. The number of hydrogen-bond acceptors (Lipinski definition) is 3. The minimum atomic E-state index is -0.0478. The van der Waals surface area contributed by atoms with Crippen molar-refractivity contribution in [1.29, 1.82) is 0 Å². The molecule has 0 aromatic rings. The van der Waals surface area contributed by atoms with E-state index in [1.807, 2.05) is 0 Å². The predicted octanol–water partition coefficient (Wildman–Crippen LogP) is 2.66. The first-order valence-corrected chi connectivity index (χ1v) is 6.34. The maximum atomic E-state index is 10.7. The van der Waals surface area contributed by atoms with Crippen LogP contribution in [0.2, 0.25) is 0 Å². The van der Waals surface area contributed by atoms with Gasteiger partial charge in [-0.25, -0.2) is 0 Å². The molecule has 0 aromatic heterocycles. The molecule has 0 heterocycles. The maximum absolute atomic E-state index is 10.7. The van der Waals surface area contributed by atoms with Crippen molar-refractivity contribution in [2.45, 2.75) is 64.9 Å². The van der Waals surface area contributed by atoms with Crippen molar-refractivity contribution in [3.8, 4) is 0 Å². The third-order valence-corrected chi connectivity index (χ3v) is 2.40. The third kappa shape index (κ3) is 36.4. The zero-order valence-electron chi connectivity index (χ0n) is 12.8. The molecule has 0 fully saturated rings. The Labute approximate surface area is 143 Å². The SMILES string of the molecule is CCCCC[C@H](CCCC(C)=O)O[C-]=O.[C-]#[O+].[C-]#[O+].[C-]#[O+].[Fe+2]. The molecular formula is C15H21FeO6+. The Morgan fingerprint density at radius 2 is 1.50 bits per heavy atom. The Hall–Kier alpha value is -1.12. The summed E-state index contributed by atoms with van der Waals surface area (Å²) in [6, 6.07) is 0. The quantitative estimate of drug-likeness (QED) is 0.261. The number of carbonyl (C=O) groups is 1. The number of hydrogen-bond donors (Lipinski definition) is 0. The van der Waals surface area contributed by atoms with Crippen molar-refractivity contribution in [3.63, 3.8) is 0 Å². The summed E-state index contributed by atoms with van der Waals surface area (Å²) in [5.74, 6) is 0.192. The van der Waals surface area contributed by atoms with E-state index in [0.29, 0.717) is 6.42 Å². The third-order valence-electron chi connectivity index (χ3n) is 2.40. The summed E-state index contributed by atoms with van der Waals surface area (Å²) < 4.78 is 27.4. The maximum Gasteiger partial charge on any atom is 2.00 e. The predicted molar refractivity (Wildman–Crippen MR) is 71.0 cm³/mol. The Kier molecular flexibility index (Phi) is 54.7. The van der Waals surface area contributed by atoms with Crippen molar-refractivity contribution in [3.05, 3.63) is 20.0 Å². The summed E-state index contributed by atoms with van der Waals surface area (Å²) in [5, 5.41) is 0. The molecule has 7 heteroatoms. The monoisotopic (exact) mass is 353 g/mol. The van der Waals surface area contributed by atoms with Crippen LogP contribution in [0, 0.1) is 20.0 Å². The van der Waals surface area contributed by atoms with Gasteiger partial charge in [-0.2, -0.15) is 0 Å². The van der Waals surface area contributed by atoms with Gasteiger partial charge in [0.15, 0.2) is 0 Å². The van der Waals surface area contributed by atoms with E-state index in [1.54, 1.807) is 6.92 Å². The second-order valence-electron chi connectivity index (χ2n) is 3.91. The zero-order chi connectivity index (χ0) is 17.5. The molecule has 6 nitrogen and oxygen atoms in total. The van der Waals surface area contributed by atoms with Crippen LogP contribution in [0.3, 0.4) is 0 Å². The molecule has 124 valence electrons. The molecule has 0 aliphatic heterocycles. The Bertz CT molecular complexity index is 271. The number of rotatable bonds is 10. The smallest absolute Gasteiger partial charge is 2.00 e. The molecule has 0 aromatic carbocycles. The van der Waals surface area contributed by atoms with Gasteiger partial charge in [-0.15, -0.1) is 0 Å². The van der Waals surface area contributed by atoms with Gasteiger partial charge < -0.3 is 14.3 Å². The first-order valence-electron chi connectivity index (χ1n) is 6.34. The minimum absolute atomic E-state index is 0. The van der Waals surface area contributed by atoms with E-state index >= 15 is 0 Å². The van der Waals surface area contributed by atoms with E-state index in [1.165, 1.54) is 6.47 Å². The summed E-state index contributed by atoms with van der Waals surface area (Å²) in [4.78, 5) is 20.9. The summed E-state index contributed by atoms with van der Waals surface area (Å²) in [7, 11) is 0. The van der Waals surface area contributed by atoms with Crippen molar-refractivity contribution >= 4 is 12.3 Å². The molecule has 0 unspecified atom stereocenters. The van der Waals surface area contributed by atoms with Gasteiger partial charge in [-0.1, -0.05) is 26.2 Å². The fourth-order valence-electron chi connectivity index (χ4n) is 1.53. The van der Waals surface area contributed by atoms with E-state index in [0.717, 1.165) is 38.5 Å². The summed E-state index contributed by atoms with van der Waals surface area (Å²) in [6.07, 6.45) is 6.38. The van der Waals surface area contributed by atoms with Crippen LogP contribution in [-0.2, 0) is 45.4 Å². The fourth-order valence-corrected chi connectivity index (χ4v) is 1.53. The first kappa shape index (κ1) is 32.7. The molecule has 22 heavy (non-hydrogen) atoms. The van der Waals surface area contributed by atoms with Crippen LogP contribution in [0.25, 0.3) is 0 Å². The van der Waals surface area contributed by atoms with Crippen LogP contribution >= 0.6 is 0 Å². The molecule has 0 spiro atoms. The molecular weight excluding hydrogens is 332 g/mol. The van der Waals surface area contributed by atoms with Gasteiger partial charge in [0.25, 0.3) is 0 Å². The van der Waals surface area contributed by atoms with E-state index < -0.39 is 0 Å². The molecule has 0 amide bonds. The van der Waals surface area contributed by atoms with E-state index in [2.05, 4.69) is 26.9 Å². The largest absolute Gasteiger partial charge is 2.00 e. The first-order chi connectivity index (χ1) is 10.2. The molecule has 1 atom stereocenters. The molecule has 0 rings (SSSR count). The van der Waals surface area contributed by atoms with Gasteiger partial charge in [-0.05, 0) is 32.6 Å². The number of carbonyl (C=O) groups excluding carboxylic acids is 2. The van der Waals surface area contributed by atoms with Crippen molar-refractivity contribution in [2.24, 2.45) is 0 Å². The number of unbranched alkanes of at least 4 members (excludes halogenated alkanes) is 2. The zero-order valence-corrected chi connectivity index (χ0v) is 13.9. The van der Waals surface area contributed by atoms with Crippen LogP contribution in [0.15, 0.2) is 0 Å². The van der Waals surface area contributed by atoms with Crippen LogP contribution < -0.4 is 0 Å². The Morgan fingerprint density at radius 1 is 1.05 bits per heavy atom. The van der Waals surface area contributed by atoms with Gasteiger partial charge in [0.2, 0.25) is 0 Å². The van der Waals surface area contributed by atoms with E-state index in [-0.39, 0.29) is 29.0 Å². The molecule has 0 aliphatic rings.